The molecule has 3 nitrogen and oxygen atoms in total. The molecule has 0 fully saturated rings. The quantitative estimate of drug-likeness (QED) is 0.906. The van der Waals surface area contributed by atoms with Gasteiger partial charge in [-0.1, -0.05) is 12.1 Å². The van der Waals surface area contributed by atoms with Gasteiger partial charge in [-0.2, -0.15) is 0 Å². The topological polar surface area (TPSA) is 42.4 Å². The SMILES string of the molecule is COc1ccc(C(O)Cc2csc(C)n2)cc1. The van der Waals surface area contributed by atoms with Crippen molar-refractivity contribution in [1.82, 2.24) is 4.98 Å². The molecule has 0 radical (unpaired) electrons. The van der Waals surface area contributed by atoms with Gasteiger partial charge in [-0.15, -0.1) is 11.3 Å². The van der Waals surface area contributed by atoms with E-state index in [2.05, 4.69) is 4.98 Å². The van der Waals surface area contributed by atoms with E-state index in [9.17, 15) is 5.11 Å². The Hall–Kier alpha value is -1.39. The molecule has 1 N–H and O–H groups in total. The summed E-state index contributed by atoms with van der Waals surface area (Å²) in [6.45, 7) is 1.97. The van der Waals surface area contributed by atoms with Crippen molar-refractivity contribution < 1.29 is 9.84 Å². The van der Waals surface area contributed by atoms with E-state index in [1.807, 2.05) is 36.6 Å². The highest BCUT2D eigenvalue weighted by molar-refractivity contribution is 7.09. The molecule has 0 aliphatic carbocycles. The van der Waals surface area contributed by atoms with Gasteiger partial charge in [0.15, 0.2) is 0 Å². The molecule has 1 aromatic heterocycles. The van der Waals surface area contributed by atoms with Crippen molar-refractivity contribution in [3.63, 3.8) is 0 Å². The Kier molecular flexibility index (Phi) is 3.76. The van der Waals surface area contributed by atoms with Gasteiger partial charge in [0.25, 0.3) is 0 Å². The first-order chi connectivity index (χ1) is 8.19. The Morgan fingerprint density at radius 2 is 2.06 bits per heavy atom. The maximum Gasteiger partial charge on any atom is 0.118 e. The Labute approximate surface area is 105 Å². The average molecular weight is 249 g/mol. The fourth-order valence-corrected chi connectivity index (χ4v) is 2.27. The van der Waals surface area contributed by atoms with Gasteiger partial charge in [0, 0.05) is 11.8 Å². The van der Waals surface area contributed by atoms with Crippen LogP contribution in [0.4, 0.5) is 0 Å². The predicted octanol–water partition coefficient (Wildman–Crippen LogP) is 2.74. The number of ether oxygens (including phenoxy) is 1. The van der Waals surface area contributed by atoms with Crippen molar-refractivity contribution in [1.29, 1.82) is 0 Å². The fourth-order valence-electron chi connectivity index (χ4n) is 1.64. The maximum absolute atomic E-state index is 10.1. The van der Waals surface area contributed by atoms with Crippen molar-refractivity contribution in [3.8, 4) is 5.75 Å². The molecule has 0 amide bonds. The number of aliphatic hydroxyl groups excluding tert-OH is 1. The van der Waals surface area contributed by atoms with Crippen LogP contribution in [0.1, 0.15) is 22.4 Å². The van der Waals surface area contributed by atoms with E-state index in [0.717, 1.165) is 22.0 Å². The lowest BCUT2D eigenvalue weighted by Crippen LogP contribution is -2.02. The van der Waals surface area contributed by atoms with E-state index in [1.165, 1.54) is 0 Å². The van der Waals surface area contributed by atoms with Crippen molar-refractivity contribution in [2.24, 2.45) is 0 Å². The Bertz CT molecular complexity index is 478. The number of thiazole rings is 1. The first-order valence-electron chi connectivity index (χ1n) is 5.42. The molecule has 0 saturated heterocycles. The molecule has 0 bridgehead atoms. The van der Waals surface area contributed by atoms with Gasteiger partial charge in [0.2, 0.25) is 0 Å². The van der Waals surface area contributed by atoms with Gasteiger partial charge in [-0.3, -0.25) is 0 Å². The third-order valence-electron chi connectivity index (χ3n) is 2.57. The van der Waals surface area contributed by atoms with Gasteiger partial charge in [0.1, 0.15) is 5.75 Å². The van der Waals surface area contributed by atoms with Crippen LogP contribution in [0.3, 0.4) is 0 Å². The molecule has 1 aromatic carbocycles. The van der Waals surface area contributed by atoms with E-state index in [4.69, 9.17) is 4.74 Å². The summed E-state index contributed by atoms with van der Waals surface area (Å²) in [5.74, 6) is 0.797. The number of rotatable bonds is 4. The molecule has 0 saturated carbocycles. The van der Waals surface area contributed by atoms with Crippen molar-refractivity contribution in [2.75, 3.05) is 7.11 Å². The molecule has 90 valence electrons. The zero-order valence-corrected chi connectivity index (χ0v) is 10.7. The Balaban J connectivity index is 2.06. The summed E-state index contributed by atoms with van der Waals surface area (Å²) in [5, 5.41) is 13.1. The Morgan fingerprint density at radius 3 is 2.59 bits per heavy atom. The molecule has 17 heavy (non-hydrogen) atoms. The number of hydrogen-bond donors (Lipinski definition) is 1. The van der Waals surface area contributed by atoms with Gasteiger partial charge < -0.3 is 9.84 Å². The molecule has 4 heteroatoms. The second-order valence-electron chi connectivity index (χ2n) is 3.85. The van der Waals surface area contributed by atoms with E-state index in [-0.39, 0.29) is 0 Å². The molecule has 2 aromatic rings. The van der Waals surface area contributed by atoms with E-state index in [0.29, 0.717) is 6.42 Å². The number of nitrogens with zero attached hydrogens (tertiary/aromatic N) is 1. The molecule has 1 unspecified atom stereocenters. The number of benzene rings is 1. The summed E-state index contributed by atoms with van der Waals surface area (Å²) in [7, 11) is 1.63. The minimum absolute atomic E-state index is 0.512. The third-order valence-corrected chi connectivity index (χ3v) is 3.39. The summed E-state index contributed by atoms with van der Waals surface area (Å²) in [5.41, 5.74) is 1.83. The number of methoxy groups -OCH3 is 1. The van der Waals surface area contributed by atoms with Crippen LogP contribution >= 0.6 is 11.3 Å². The van der Waals surface area contributed by atoms with Crippen LogP contribution in [0.15, 0.2) is 29.6 Å². The molecule has 0 spiro atoms. The van der Waals surface area contributed by atoms with Crippen LogP contribution in [-0.4, -0.2) is 17.2 Å². The molecule has 2 rings (SSSR count). The van der Waals surface area contributed by atoms with Gasteiger partial charge in [0.05, 0.1) is 23.9 Å². The average Bonchev–Trinajstić information content (AvgIpc) is 2.75. The number of aromatic nitrogens is 1. The van der Waals surface area contributed by atoms with Crippen LogP contribution in [0.5, 0.6) is 5.75 Å². The lowest BCUT2D eigenvalue weighted by atomic mass is 10.1. The molecule has 1 atom stereocenters. The minimum Gasteiger partial charge on any atom is -0.497 e. The van der Waals surface area contributed by atoms with Crippen LogP contribution in [-0.2, 0) is 6.42 Å². The van der Waals surface area contributed by atoms with E-state index in [1.54, 1.807) is 18.4 Å². The van der Waals surface area contributed by atoms with Crippen LogP contribution < -0.4 is 4.74 Å². The second kappa shape index (κ2) is 5.29. The van der Waals surface area contributed by atoms with Gasteiger partial charge in [-0.25, -0.2) is 4.98 Å². The highest BCUT2D eigenvalue weighted by atomic mass is 32.1. The number of aliphatic hydroxyl groups is 1. The first-order valence-corrected chi connectivity index (χ1v) is 6.30. The monoisotopic (exact) mass is 249 g/mol. The van der Waals surface area contributed by atoms with Gasteiger partial charge in [-0.05, 0) is 24.6 Å². The van der Waals surface area contributed by atoms with E-state index >= 15 is 0 Å². The van der Waals surface area contributed by atoms with Crippen LogP contribution in [0.2, 0.25) is 0 Å². The summed E-state index contributed by atoms with van der Waals surface area (Å²) >= 11 is 1.61. The predicted molar refractivity (Wildman–Crippen MR) is 68.5 cm³/mol. The number of hydrogen-bond acceptors (Lipinski definition) is 4. The Morgan fingerprint density at radius 1 is 1.35 bits per heavy atom. The molecule has 1 heterocycles. The summed E-state index contributed by atoms with van der Waals surface area (Å²) in [6.07, 6.45) is 0.0406. The largest absolute Gasteiger partial charge is 0.497 e. The van der Waals surface area contributed by atoms with Crippen LogP contribution in [0.25, 0.3) is 0 Å². The fraction of sp³-hybridized carbons (Fsp3) is 0.308. The molecular weight excluding hydrogens is 234 g/mol. The maximum atomic E-state index is 10.1. The lowest BCUT2D eigenvalue weighted by molar-refractivity contribution is 0.177. The van der Waals surface area contributed by atoms with E-state index < -0.39 is 6.10 Å². The second-order valence-corrected chi connectivity index (χ2v) is 4.91. The lowest BCUT2D eigenvalue weighted by Gasteiger charge is -2.10. The summed E-state index contributed by atoms with van der Waals surface area (Å²) < 4.78 is 5.08. The summed E-state index contributed by atoms with van der Waals surface area (Å²) in [4.78, 5) is 4.34. The summed E-state index contributed by atoms with van der Waals surface area (Å²) in [6, 6.07) is 7.46. The molecule has 0 aliphatic rings. The van der Waals surface area contributed by atoms with Crippen molar-refractivity contribution >= 4 is 11.3 Å². The van der Waals surface area contributed by atoms with Gasteiger partial charge >= 0.3 is 0 Å². The standard InChI is InChI=1S/C13H15NO2S/c1-9-14-11(8-17-9)7-13(15)10-3-5-12(16-2)6-4-10/h3-6,8,13,15H,7H2,1-2H3. The zero-order valence-electron chi connectivity index (χ0n) is 9.88. The molecular formula is C13H15NO2S. The number of aryl methyl sites for hydroxylation is 1. The highest BCUT2D eigenvalue weighted by Gasteiger charge is 2.10. The smallest absolute Gasteiger partial charge is 0.118 e. The van der Waals surface area contributed by atoms with Crippen molar-refractivity contribution in [3.05, 3.63) is 45.9 Å². The van der Waals surface area contributed by atoms with Crippen LogP contribution in [0, 0.1) is 6.92 Å². The normalized spacial score (nSPS) is 12.4. The highest BCUT2D eigenvalue weighted by Crippen LogP contribution is 2.21. The zero-order chi connectivity index (χ0) is 12.3. The third kappa shape index (κ3) is 3.05. The minimum atomic E-state index is -0.512. The molecule has 0 aliphatic heterocycles. The first kappa shape index (κ1) is 12.1. The van der Waals surface area contributed by atoms with Crippen molar-refractivity contribution in [2.45, 2.75) is 19.4 Å².